The number of aliphatic hydroxyl groups is 1. The Morgan fingerprint density at radius 2 is 2.00 bits per heavy atom. The first-order valence-electron chi connectivity index (χ1n) is 6.87. The summed E-state index contributed by atoms with van der Waals surface area (Å²) in [6.07, 6.45) is 7.85. The van der Waals surface area contributed by atoms with Crippen LogP contribution in [0.4, 0.5) is 0 Å². The molecule has 0 saturated heterocycles. The van der Waals surface area contributed by atoms with Crippen LogP contribution in [-0.4, -0.2) is 23.4 Å². The summed E-state index contributed by atoms with van der Waals surface area (Å²) in [6, 6.07) is 0. The quantitative estimate of drug-likeness (QED) is 0.801. The molecule has 0 aromatic rings. The fraction of sp³-hybridized carbons (Fsp3) is 1.00. The Kier molecular flexibility index (Phi) is 3.60. The molecule has 2 saturated carbocycles. The zero-order valence-corrected chi connectivity index (χ0v) is 10.9. The van der Waals surface area contributed by atoms with E-state index in [0.29, 0.717) is 6.10 Å². The second-order valence-electron chi connectivity index (χ2n) is 6.26. The van der Waals surface area contributed by atoms with Crippen LogP contribution in [-0.2, 0) is 4.74 Å². The topological polar surface area (TPSA) is 29.5 Å². The fourth-order valence-corrected chi connectivity index (χ4v) is 3.06. The van der Waals surface area contributed by atoms with E-state index in [1.54, 1.807) is 0 Å². The van der Waals surface area contributed by atoms with Crippen molar-refractivity contribution in [3.05, 3.63) is 0 Å². The van der Waals surface area contributed by atoms with Crippen molar-refractivity contribution in [1.82, 2.24) is 0 Å². The highest BCUT2D eigenvalue weighted by molar-refractivity contribution is 4.98. The first kappa shape index (κ1) is 12.4. The molecule has 2 fully saturated rings. The molecule has 94 valence electrons. The van der Waals surface area contributed by atoms with Gasteiger partial charge in [0.15, 0.2) is 0 Å². The van der Waals surface area contributed by atoms with Gasteiger partial charge in [-0.2, -0.15) is 0 Å². The van der Waals surface area contributed by atoms with Crippen LogP contribution in [0.25, 0.3) is 0 Å². The van der Waals surface area contributed by atoms with Crippen LogP contribution in [0.1, 0.15) is 59.3 Å². The summed E-state index contributed by atoms with van der Waals surface area (Å²) in [5.41, 5.74) is -0.0286. The highest BCUT2D eigenvalue weighted by Crippen LogP contribution is 2.44. The van der Waals surface area contributed by atoms with Crippen LogP contribution in [0.5, 0.6) is 0 Å². The van der Waals surface area contributed by atoms with Crippen molar-refractivity contribution in [2.75, 3.05) is 0 Å². The molecule has 0 aromatic heterocycles. The van der Waals surface area contributed by atoms with Gasteiger partial charge in [0.25, 0.3) is 0 Å². The first-order chi connectivity index (χ1) is 7.54. The Balaban J connectivity index is 1.82. The van der Waals surface area contributed by atoms with Gasteiger partial charge in [0.1, 0.15) is 0 Å². The van der Waals surface area contributed by atoms with Gasteiger partial charge in [-0.15, -0.1) is 0 Å². The predicted octanol–water partition coefficient (Wildman–Crippen LogP) is 3.13. The summed E-state index contributed by atoms with van der Waals surface area (Å²) in [5.74, 6) is 0.867. The minimum atomic E-state index is -0.164. The van der Waals surface area contributed by atoms with Crippen molar-refractivity contribution < 1.29 is 9.84 Å². The minimum Gasteiger partial charge on any atom is -0.392 e. The summed E-state index contributed by atoms with van der Waals surface area (Å²) in [5, 5.41) is 9.69. The molecule has 4 atom stereocenters. The zero-order chi connectivity index (χ0) is 11.8. The molecule has 4 unspecified atom stereocenters. The van der Waals surface area contributed by atoms with Gasteiger partial charge in [0.2, 0.25) is 0 Å². The average molecular weight is 226 g/mol. The van der Waals surface area contributed by atoms with Crippen LogP contribution in [0.2, 0.25) is 0 Å². The standard InChI is InChI=1S/C14H26O2/c1-4-10-6-5-7-11(8-10)16-13-9-12(15)14(13,2)3/h10-13,15H,4-9H2,1-3H3. The molecule has 16 heavy (non-hydrogen) atoms. The Labute approximate surface area is 99.4 Å². The van der Waals surface area contributed by atoms with E-state index in [1.165, 1.54) is 32.1 Å². The second-order valence-corrected chi connectivity index (χ2v) is 6.26. The maximum absolute atomic E-state index is 9.69. The molecule has 1 N–H and O–H groups in total. The van der Waals surface area contributed by atoms with Crippen LogP contribution in [0.3, 0.4) is 0 Å². The van der Waals surface area contributed by atoms with Gasteiger partial charge in [0.05, 0.1) is 18.3 Å². The van der Waals surface area contributed by atoms with Crippen molar-refractivity contribution in [3.8, 4) is 0 Å². The van der Waals surface area contributed by atoms with Gasteiger partial charge in [-0.1, -0.05) is 40.0 Å². The van der Waals surface area contributed by atoms with Crippen molar-refractivity contribution in [1.29, 1.82) is 0 Å². The SMILES string of the molecule is CCC1CCCC(OC2CC(O)C2(C)C)C1. The molecule has 0 bridgehead atoms. The van der Waals surface area contributed by atoms with E-state index in [4.69, 9.17) is 4.74 Å². The van der Waals surface area contributed by atoms with Crippen molar-refractivity contribution in [3.63, 3.8) is 0 Å². The number of hydrogen-bond acceptors (Lipinski definition) is 2. The van der Waals surface area contributed by atoms with E-state index < -0.39 is 0 Å². The molecular formula is C14H26O2. The van der Waals surface area contributed by atoms with Gasteiger partial charge < -0.3 is 9.84 Å². The third-order valence-electron chi connectivity index (χ3n) is 4.79. The van der Waals surface area contributed by atoms with E-state index in [1.807, 2.05) is 0 Å². The van der Waals surface area contributed by atoms with E-state index in [9.17, 15) is 5.11 Å². The summed E-state index contributed by atoms with van der Waals surface area (Å²) in [7, 11) is 0. The molecule has 2 aliphatic carbocycles. The Hall–Kier alpha value is -0.0800. The fourth-order valence-electron chi connectivity index (χ4n) is 3.06. The molecule has 2 heteroatoms. The lowest BCUT2D eigenvalue weighted by molar-refractivity contribution is -0.201. The van der Waals surface area contributed by atoms with Gasteiger partial charge >= 0.3 is 0 Å². The molecular weight excluding hydrogens is 200 g/mol. The molecule has 0 heterocycles. The van der Waals surface area contributed by atoms with Gasteiger partial charge in [-0.05, 0) is 18.8 Å². The second kappa shape index (κ2) is 4.66. The molecule has 2 rings (SSSR count). The average Bonchev–Trinajstić information content (AvgIpc) is 2.29. The number of hydrogen-bond donors (Lipinski definition) is 1. The Morgan fingerprint density at radius 1 is 1.25 bits per heavy atom. The van der Waals surface area contributed by atoms with E-state index in [2.05, 4.69) is 20.8 Å². The van der Waals surface area contributed by atoms with Crippen LogP contribution in [0.15, 0.2) is 0 Å². The zero-order valence-electron chi connectivity index (χ0n) is 10.9. The lowest BCUT2D eigenvalue weighted by Gasteiger charge is -2.50. The van der Waals surface area contributed by atoms with E-state index >= 15 is 0 Å². The molecule has 2 nitrogen and oxygen atoms in total. The molecule has 0 radical (unpaired) electrons. The Bertz CT molecular complexity index is 237. The Morgan fingerprint density at radius 3 is 2.56 bits per heavy atom. The largest absolute Gasteiger partial charge is 0.392 e. The number of ether oxygens (including phenoxy) is 1. The normalized spacial score (nSPS) is 42.8. The van der Waals surface area contributed by atoms with Gasteiger partial charge in [-0.25, -0.2) is 0 Å². The van der Waals surface area contributed by atoms with Crippen LogP contribution >= 0.6 is 0 Å². The van der Waals surface area contributed by atoms with Crippen molar-refractivity contribution in [2.24, 2.45) is 11.3 Å². The smallest absolute Gasteiger partial charge is 0.0679 e. The highest BCUT2D eigenvalue weighted by atomic mass is 16.5. The van der Waals surface area contributed by atoms with Crippen molar-refractivity contribution >= 4 is 0 Å². The third kappa shape index (κ3) is 2.28. The van der Waals surface area contributed by atoms with Gasteiger partial charge in [-0.3, -0.25) is 0 Å². The minimum absolute atomic E-state index is 0.0286. The van der Waals surface area contributed by atoms with Crippen LogP contribution < -0.4 is 0 Å². The molecule has 0 spiro atoms. The molecule has 2 aliphatic rings. The summed E-state index contributed by atoms with van der Waals surface area (Å²) < 4.78 is 6.18. The van der Waals surface area contributed by atoms with Gasteiger partial charge in [0, 0.05) is 11.8 Å². The van der Waals surface area contributed by atoms with Crippen molar-refractivity contribution in [2.45, 2.75) is 77.6 Å². The monoisotopic (exact) mass is 226 g/mol. The summed E-state index contributed by atoms with van der Waals surface area (Å²) in [6.45, 7) is 6.52. The predicted molar refractivity (Wildman–Crippen MR) is 65.3 cm³/mol. The highest BCUT2D eigenvalue weighted by Gasteiger charge is 2.49. The third-order valence-corrected chi connectivity index (χ3v) is 4.79. The first-order valence-corrected chi connectivity index (χ1v) is 6.87. The summed E-state index contributed by atoms with van der Waals surface area (Å²) in [4.78, 5) is 0. The lowest BCUT2D eigenvalue weighted by Crippen LogP contribution is -2.55. The molecule has 0 aliphatic heterocycles. The number of aliphatic hydroxyl groups excluding tert-OH is 1. The molecule has 0 aromatic carbocycles. The maximum atomic E-state index is 9.69. The number of rotatable bonds is 3. The summed E-state index contributed by atoms with van der Waals surface area (Å²) >= 11 is 0. The van der Waals surface area contributed by atoms with E-state index in [0.717, 1.165) is 12.3 Å². The van der Waals surface area contributed by atoms with Crippen LogP contribution in [0, 0.1) is 11.3 Å². The van der Waals surface area contributed by atoms with E-state index in [-0.39, 0.29) is 17.6 Å². The lowest BCUT2D eigenvalue weighted by atomic mass is 9.66. The molecule has 0 amide bonds. The maximum Gasteiger partial charge on any atom is 0.0679 e.